The Morgan fingerprint density at radius 2 is 1.70 bits per heavy atom. The van der Waals surface area contributed by atoms with E-state index in [-0.39, 0.29) is 11.3 Å². The van der Waals surface area contributed by atoms with Gasteiger partial charge in [0.15, 0.2) is 0 Å². The largest absolute Gasteiger partial charge is 0.381 e. The summed E-state index contributed by atoms with van der Waals surface area (Å²) in [7, 11) is -3.17. The van der Waals surface area contributed by atoms with Gasteiger partial charge in [-0.1, -0.05) is 20.8 Å². The molecule has 0 saturated carbocycles. The molecule has 0 N–H and O–H groups in total. The Balaban J connectivity index is 2.20. The van der Waals surface area contributed by atoms with Crippen molar-refractivity contribution in [3.63, 3.8) is 0 Å². The molecule has 0 spiro atoms. The summed E-state index contributed by atoms with van der Waals surface area (Å²) < 4.78 is 33.1. The van der Waals surface area contributed by atoms with Crippen molar-refractivity contribution < 1.29 is 13.2 Å². The van der Waals surface area contributed by atoms with Crippen LogP contribution in [-0.2, 0) is 14.8 Å². The minimum atomic E-state index is -3.17. The fraction of sp³-hybridized carbons (Fsp3) is 1.00. The van der Waals surface area contributed by atoms with E-state index in [1.54, 1.807) is 0 Å². The van der Waals surface area contributed by atoms with E-state index >= 15 is 0 Å². The van der Waals surface area contributed by atoms with E-state index in [0.29, 0.717) is 44.4 Å². The van der Waals surface area contributed by atoms with E-state index in [1.807, 2.05) is 4.31 Å². The number of rotatable bonds is 3. The van der Waals surface area contributed by atoms with Crippen molar-refractivity contribution in [3.8, 4) is 0 Å². The van der Waals surface area contributed by atoms with Gasteiger partial charge in [-0.2, -0.15) is 4.31 Å². The van der Waals surface area contributed by atoms with Crippen molar-refractivity contribution in [1.29, 1.82) is 0 Å². The van der Waals surface area contributed by atoms with Crippen molar-refractivity contribution in [2.45, 2.75) is 64.2 Å². The second kappa shape index (κ2) is 6.75. The van der Waals surface area contributed by atoms with Crippen LogP contribution in [0.5, 0.6) is 0 Å². The quantitative estimate of drug-likeness (QED) is 0.805. The first kappa shape index (κ1) is 16.2. The lowest BCUT2D eigenvalue weighted by molar-refractivity contribution is 0.0964. The molecule has 118 valence electrons. The summed E-state index contributed by atoms with van der Waals surface area (Å²) in [5.74, 6) is 1.01. The standard InChI is InChI=1S/C15H29NO3S/c1-12(2)15-5-4-13(3)6-9-16(15)20(17,18)14-7-10-19-11-8-14/h12-15H,4-11H2,1-3H3/t13-,15+/m0/s1. The summed E-state index contributed by atoms with van der Waals surface area (Å²) in [6.07, 6.45) is 4.44. The predicted octanol–water partition coefficient (Wildman–Crippen LogP) is 2.64. The zero-order chi connectivity index (χ0) is 14.8. The van der Waals surface area contributed by atoms with Crippen LogP contribution in [0.4, 0.5) is 0 Å². The molecule has 20 heavy (non-hydrogen) atoms. The minimum Gasteiger partial charge on any atom is -0.381 e. The molecule has 0 amide bonds. The molecule has 0 aromatic heterocycles. The van der Waals surface area contributed by atoms with E-state index in [4.69, 9.17) is 4.74 Å². The van der Waals surface area contributed by atoms with Gasteiger partial charge in [-0.3, -0.25) is 0 Å². The second-order valence-corrected chi connectivity index (χ2v) is 8.92. The normalized spacial score (nSPS) is 31.4. The minimum absolute atomic E-state index is 0.174. The Labute approximate surface area is 123 Å². The highest BCUT2D eigenvalue weighted by Crippen LogP contribution is 2.31. The highest BCUT2D eigenvalue weighted by Gasteiger charge is 2.39. The van der Waals surface area contributed by atoms with Gasteiger partial charge in [-0.05, 0) is 43.9 Å². The first-order valence-electron chi connectivity index (χ1n) is 8.01. The molecular formula is C15H29NO3S. The monoisotopic (exact) mass is 303 g/mol. The van der Waals surface area contributed by atoms with E-state index in [9.17, 15) is 8.42 Å². The van der Waals surface area contributed by atoms with Gasteiger partial charge in [0.2, 0.25) is 10.0 Å². The van der Waals surface area contributed by atoms with Gasteiger partial charge in [0, 0.05) is 25.8 Å². The number of nitrogens with zero attached hydrogens (tertiary/aromatic N) is 1. The summed E-state index contributed by atoms with van der Waals surface area (Å²) in [5, 5.41) is -0.231. The Kier molecular flexibility index (Phi) is 5.49. The first-order valence-corrected chi connectivity index (χ1v) is 9.51. The zero-order valence-corrected chi connectivity index (χ0v) is 13.9. The molecule has 0 aliphatic carbocycles. The number of sulfonamides is 1. The Morgan fingerprint density at radius 1 is 1.05 bits per heavy atom. The Morgan fingerprint density at radius 3 is 2.30 bits per heavy atom. The molecule has 2 fully saturated rings. The molecule has 2 atom stereocenters. The van der Waals surface area contributed by atoms with Crippen LogP contribution in [0.15, 0.2) is 0 Å². The van der Waals surface area contributed by atoms with Gasteiger partial charge < -0.3 is 4.74 Å². The van der Waals surface area contributed by atoms with Crippen LogP contribution in [0.2, 0.25) is 0 Å². The third-order valence-corrected chi connectivity index (χ3v) is 7.27. The van der Waals surface area contributed by atoms with E-state index < -0.39 is 10.0 Å². The van der Waals surface area contributed by atoms with E-state index in [1.165, 1.54) is 0 Å². The lowest BCUT2D eigenvalue weighted by Gasteiger charge is -2.35. The predicted molar refractivity (Wildman–Crippen MR) is 81.1 cm³/mol. The molecule has 2 saturated heterocycles. The van der Waals surface area contributed by atoms with Crippen LogP contribution >= 0.6 is 0 Å². The lowest BCUT2D eigenvalue weighted by Crippen LogP contribution is -2.48. The average Bonchev–Trinajstić information content (AvgIpc) is 2.62. The molecule has 2 aliphatic rings. The van der Waals surface area contributed by atoms with Crippen molar-refractivity contribution in [1.82, 2.24) is 4.31 Å². The Hall–Kier alpha value is -0.130. The Bertz CT molecular complexity index is 401. The molecule has 0 radical (unpaired) electrons. The van der Waals surface area contributed by atoms with Gasteiger partial charge >= 0.3 is 0 Å². The van der Waals surface area contributed by atoms with Crippen LogP contribution < -0.4 is 0 Å². The van der Waals surface area contributed by atoms with Crippen molar-refractivity contribution >= 4 is 10.0 Å². The average molecular weight is 303 g/mol. The van der Waals surface area contributed by atoms with Crippen LogP contribution in [0.25, 0.3) is 0 Å². The van der Waals surface area contributed by atoms with Gasteiger partial charge in [-0.25, -0.2) is 8.42 Å². The van der Waals surface area contributed by atoms with E-state index in [0.717, 1.165) is 19.3 Å². The molecule has 4 nitrogen and oxygen atoms in total. The maximum Gasteiger partial charge on any atom is 0.217 e. The molecule has 0 aromatic rings. The third-order valence-electron chi connectivity index (χ3n) is 4.85. The fourth-order valence-corrected chi connectivity index (χ4v) is 5.66. The topological polar surface area (TPSA) is 46.6 Å². The molecule has 2 heterocycles. The van der Waals surface area contributed by atoms with Crippen LogP contribution in [0, 0.1) is 11.8 Å². The zero-order valence-electron chi connectivity index (χ0n) is 13.0. The summed E-state index contributed by atoms with van der Waals surface area (Å²) in [6, 6.07) is 0.174. The second-order valence-electron chi connectivity index (χ2n) is 6.75. The smallest absolute Gasteiger partial charge is 0.217 e. The highest BCUT2D eigenvalue weighted by atomic mass is 32.2. The van der Waals surface area contributed by atoms with Crippen molar-refractivity contribution in [2.75, 3.05) is 19.8 Å². The lowest BCUT2D eigenvalue weighted by atomic mass is 9.96. The highest BCUT2D eigenvalue weighted by molar-refractivity contribution is 7.89. The molecule has 5 heteroatoms. The maximum atomic E-state index is 13.0. The first-order chi connectivity index (χ1) is 9.43. The van der Waals surface area contributed by atoms with E-state index in [2.05, 4.69) is 20.8 Å². The van der Waals surface area contributed by atoms with Crippen molar-refractivity contribution in [2.24, 2.45) is 11.8 Å². The summed E-state index contributed by atoms with van der Waals surface area (Å²) in [4.78, 5) is 0. The molecule has 0 bridgehead atoms. The van der Waals surface area contributed by atoms with Crippen LogP contribution in [-0.4, -0.2) is 43.8 Å². The van der Waals surface area contributed by atoms with Crippen LogP contribution in [0.1, 0.15) is 52.9 Å². The van der Waals surface area contributed by atoms with Gasteiger partial charge in [0.1, 0.15) is 0 Å². The number of hydrogen-bond donors (Lipinski definition) is 0. The number of hydrogen-bond acceptors (Lipinski definition) is 3. The third kappa shape index (κ3) is 3.55. The summed E-state index contributed by atoms with van der Waals surface area (Å²) in [5.41, 5.74) is 0. The summed E-state index contributed by atoms with van der Waals surface area (Å²) in [6.45, 7) is 8.40. The molecule has 2 aliphatic heterocycles. The number of ether oxygens (including phenoxy) is 1. The molecule has 2 rings (SSSR count). The molecule has 0 unspecified atom stereocenters. The molecular weight excluding hydrogens is 274 g/mol. The summed E-state index contributed by atoms with van der Waals surface area (Å²) >= 11 is 0. The maximum absolute atomic E-state index is 13.0. The fourth-order valence-electron chi connectivity index (χ4n) is 3.40. The molecule has 0 aromatic carbocycles. The van der Waals surface area contributed by atoms with Crippen molar-refractivity contribution in [3.05, 3.63) is 0 Å². The SMILES string of the molecule is CC(C)[C@H]1CC[C@H](C)CCN1S(=O)(=O)C1CCOCC1. The van der Waals surface area contributed by atoms with Gasteiger partial charge in [0.25, 0.3) is 0 Å². The van der Waals surface area contributed by atoms with Gasteiger partial charge in [0.05, 0.1) is 5.25 Å². The van der Waals surface area contributed by atoms with Gasteiger partial charge in [-0.15, -0.1) is 0 Å². The van der Waals surface area contributed by atoms with Crippen LogP contribution in [0.3, 0.4) is 0 Å².